The zero-order valence-corrected chi connectivity index (χ0v) is 13.4. The molecule has 2 aromatic rings. The molecule has 0 unspecified atom stereocenters. The van der Waals surface area contributed by atoms with Crippen LogP contribution in [-0.4, -0.2) is 47.1 Å². The summed E-state index contributed by atoms with van der Waals surface area (Å²) in [5.41, 5.74) is 2.58. The second kappa shape index (κ2) is 6.56. The lowest BCUT2D eigenvalue weighted by Crippen LogP contribution is -2.38. The first-order valence-corrected chi connectivity index (χ1v) is 7.56. The van der Waals surface area contributed by atoms with Crippen molar-refractivity contribution in [3.05, 3.63) is 54.6 Å². The number of anilines is 1. The third kappa shape index (κ3) is 3.25. The number of benzene rings is 2. The highest BCUT2D eigenvalue weighted by atomic mass is 16.2. The molecule has 1 aliphatic heterocycles. The third-order valence-electron chi connectivity index (χ3n) is 3.83. The molecule has 7 nitrogen and oxygen atoms in total. The van der Waals surface area contributed by atoms with Crippen molar-refractivity contribution in [2.45, 2.75) is 0 Å². The first-order chi connectivity index (χ1) is 12.0. The van der Waals surface area contributed by atoms with Gasteiger partial charge in [0, 0.05) is 12.7 Å². The first kappa shape index (κ1) is 16.4. The van der Waals surface area contributed by atoms with Gasteiger partial charge in [-0.25, -0.2) is 9.69 Å². The molecule has 1 saturated heterocycles. The number of imide groups is 2. The molecule has 0 spiro atoms. The molecule has 0 aliphatic carbocycles. The molecule has 5 amide bonds. The number of carbonyl (C=O) groups excluding carboxylic acids is 4. The molecule has 25 heavy (non-hydrogen) atoms. The number of urea groups is 1. The van der Waals surface area contributed by atoms with Gasteiger partial charge in [-0.2, -0.15) is 0 Å². The van der Waals surface area contributed by atoms with E-state index < -0.39 is 30.3 Å². The summed E-state index contributed by atoms with van der Waals surface area (Å²) in [7, 11) is 1.20. The summed E-state index contributed by atoms with van der Waals surface area (Å²) in [6, 6.07) is 16.1. The van der Waals surface area contributed by atoms with Crippen molar-refractivity contribution in [3.63, 3.8) is 0 Å². The van der Waals surface area contributed by atoms with Gasteiger partial charge in [-0.1, -0.05) is 42.5 Å². The van der Waals surface area contributed by atoms with Crippen LogP contribution in [0.15, 0.2) is 54.6 Å². The molecule has 1 fully saturated rings. The van der Waals surface area contributed by atoms with Gasteiger partial charge in [-0.3, -0.25) is 19.3 Å². The lowest BCUT2D eigenvalue weighted by atomic mass is 10.1. The molecule has 0 radical (unpaired) electrons. The smallest absolute Gasteiger partial charge is 0.325 e. The number of amides is 5. The van der Waals surface area contributed by atoms with E-state index in [1.54, 1.807) is 12.1 Å². The number of likely N-dealkylation sites (N-methyl/N-ethyl adjacent to an activating group) is 1. The Morgan fingerprint density at radius 2 is 1.48 bits per heavy atom. The summed E-state index contributed by atoms with van der Waals surface area (Å²) in [5.74, 6) is -2.50. The standard InChI is InChI=1S/C18H15N3O4/c1-20-16(23)17(24)21(18(20)25)11-15(22)19-14-9-7-13(8-10-14)12-5-3-2-4-6-12/h2-10H,11H2,1H3,(H,19,22). The Balaban J connectivity index is 1.65. The first-order valence-electron chi connectivity index (χ1n) is 7.56. The minimum absolute atomic E-state index is 0.506. The SMILES string of the molecule is CN1C(=O)C(=O)N(CC(=O)Nc2ccc(-c3ccccc3)cc2)C1=O. The molecule has 2 aromatic carbocycles. The second-order valence-electron chi connectivity index (χ2n) is 5.53. The van der Waals surface area contributed by atoms with Crippen LogP contribution in [0.1, 0.15) is 0 Å². The number of carbonyl (C=O) groups is 4. The average molecular weight is 337 g/mol. The van der Waals surface area contributed by atoms with Crippen molar-refractivity contribution in [1.82, 2.24) is 9.80 Å². The van der Waals surface area contributed by atoms with Gasteiger partial charge in [0.15, 0.2) is 0 Å². The largest absolute Gasteiger partial charge is 0.334 e. The average Bonchev–Trinajstić information content (AvgIpc) is 2.81. The van der Waals surface area contributed by atoms with Crippen LogP contribution in [0.2, 0.25) is 0 Å². The summed E-state index contributed by atoms with van der Waals surface area (Å²) in [5, 5.41) is 2.60. The number of hydrogen-bond donors (Lipinski definition) is 1. The lowest BCUT2D eigenvalue weighted by Gasteiger charge is -2.13. The monoisotopic (exact) mass is 337 g/mol. The van der Waals surface area contributed by atoms with Crippen molar-refractivity contribution in [1.29, 1.82) is 0 Å². The molecule has 126 valence electrons. The zero-order valence-electron chi connectivity index (χ0n) is 13.4. The van der Waals surface area contributed by atoms with Gasteiger partial charge in [0.1, 0.15) is 6.54 Å². The molecule has 1 aliphatic rings. The van der Waals surface area contributed by atoms with E-state index in [2.05, 4.69) is 5.32 Å². The summed E-state index contributed by atoms with van der Waals surface area (Å²) in [6.45, 7) is -0.506. The molecule has 1 heterocycles. The fourth-order valence-corrected chi connectivity index (χ4v) is 2.47. The predicted molar refractivity (Wildman–Crippen MR) is 90.4 cm³/mol. The third-order valence-corrected chi connectivity index (χ3v) is 3.83. The quantitative estimate of drug-likeness (QED) is 0.680. The van der Waals surface area contributed by atoms with Crippen molar-refractivity contribution in [3.8, 4) is 11.1 Å². The van der Waals surface area contributed by atoms with E-state index >= 15 is 0 Å². The van der Waals surface area contributed by atoms with Gasteiger partial charge in [0.05, 0.1) is 0 Å². The van der Waals surface area contributed by atoms with Gasteiger partial charge in [-0.15, -0.1) is 0 Å². The van der Waals surface area contributed by atoms with Crippen molar-refractivity contribution < 1.29 is 19.2 Å². The van der Waals surface area contributed by atoms with Crippen molar-refractivity contribution >= 4 is 29.4 Å². The van der Waals surface area contributed by atoms with E-state index in [4.69, 9.17) is 0 Å². The Morgan fingerprint density at radius 1 is 0.880 bits per heavy atom. The van der Waals surface area contributed by atoms with E-state index in [1.165, 1.54) is 7.05 Å². The highest BCUT2D eigenvalue weighted by Gasteiger charge is 2.42. The minimum atomic E-state index is -0.998. The molecule has 0 atom stereocenters. The Kier molecular flexibility index (Phi) is 4.30. The van der Waals surface area contributed by atoms with E-state index in [-0.39, 0.29) is 0 Å². The van der Waals surface area contributed by atoms with Crippen molar-refractivity contribution in [2.24, 2.45) is 0 Å². The maximum absolute atomic E-state index is 12.0. The Bertz CT molecular complexity index is 846. The van der Waals surface area contributed by atoms with E-state index in [9.17, 15) is 19.2 Å². The summed E-state index contributed by atoms with van der Waals surface area (Å²) >= 11 is 0. The molecule has 3 rings (SSSR count). The highest BCUT2D eigenvalue weighted by molar-refractivity contribution is 6.44. The Morgan fingerprint density at radius 3 is 2.04 bits per heavy atom. The van der Waals surface area contributed by atoms with Crippen LogP contribution in [0, 0.1) is 0 Å². The maximum atomic E-state index is 12.0. The van der Waals surface area contributed by atoms with Crippen LogP contribution in [-0.2, 0) is 14.4 Å². The van der Waals surface area contributed by atoms with E-state index in [1.807, 2.05) is 42.5 Å². The minimum Gasteiger partial charge on any atom is -0.325 e. The molecule has 0 aromatic heterocycles. The van der Waals surface area contributed by atoms with Crippen LogP contribution >= 0.6 is 0 Å². The van der Waals surface area contributed by atoms with E-state index in [0.29, 0.717) is 15.5 Å². The fraction of sp³-hybridized carbons (Fsp3) is 0.111. The summed E-state index contributed by atoms with van der Waals surface area (Å²) in [4.78, 5) is 48.2. The van der Waals surface area contributed by atoms with Crippen LogP contribution < -0.4 is 5.32 Å². The van der Waals surface area contributed by atoms with Gasteiger partial charge in [-0.05, 0) is 23.3 Å². The van der Waals surface area contributed by atoms with Crippen molar-refractivity contribution in [2.75, 3.05) is 18.9 Å². The highest BCUT2D eigenvalue weighted by Crippen LogP contribution is 2.21. The topological polar surface area (TPSA) is 86.8 Å². The van der Waals surface area contributed by atoms with Crippen LogP contribution in [0.25, 0.3) is 11.1 Å². The zero-order chi connectivity index (χ0) is 18.0. The molecular weight excluding hydrogens is 322 g/mol. The Hall–Kier alpha value is -3.48. The van der Waals surface area contributed by atoms with Gasteiger partial charge in [0.2, 0.25) is 5.91 Å². The maximum Gasteiger partial charge on any atom is 0.334 e. The number of nitrogens with zero attached hydrogens (tertiary/aromatic N) is 2. The molecular formula is C18H15N3O4. The summed E-state index contributed by atoms with van der Waals surface area (Å²) in [6.07, 6.45) is 0. The normalized spacial score (nSPS) is 14.2. The molecule has 7 heteroatoms. The molecule has 0 saturated carbocycles. The number of nitrogens with one attached hydrogen (secondary N) is 1. The lowest BCUT2D eigenvalue weighted by molar-refractivity contribution is -0.143. The van der Waals surface area contributed by atoms with E-state index in [0.717, 1.165) is 11.1 Å². The fourth-order valence-electron chi connectivity index (χ4n) is 2.47. The number of hydrogen-bond acceptors (Lipinski definition) is 4. The second-order valence-corrected chi connectivity index (χ2v) is 5.53. The molecule has 0 bridgehead atoms. The van der Waals surface area contributed by atoms with Gasteiger partial charge >= 0.3 is 17.8 Å². The van der Waals surface area contributed by atoms with Crippen LogP contribution in [0.5, 0.6) is 0 Å². The predicted octanol–water partition coefficient (Wildman–Crippen LogP) is 1.71. The van der Waals surface area contributed by atoms with Gasteiger partial charge in [0.25, 0.3) is 0 Å². The van der Waals surface area contributed by atoms with Crippen LogP contribution in [0.4, 0.5) is 10.5 Å². The summed E-state index contributed by atoms with van der Waals surface area (Å²) < 4.78 is 0. The van der Waals surface area contributed by atoms with Gasteiger partial charge < -0.3 is 5.32 Å². The Labute approximate surface area is 143 Å². The van der Waals surface area contributed by atoms with Crippen LogP contribution in [0.3, 0.4) is 0 Å². The number of rotatable bonds is 4. The molecule has 1 N–H and O–H groups in total.